The lowest BCUT2D eigenvalue weighted by molar-refractivity contribution is 0.306. The highest BCUT2D eigenvalue weighted by Gasteiger charge is 2.09. The van der Waals surface area contributed by atoms with Crippen LogP contribution in [-0.4, -0.2) is 0 Å². The molecule has 0 saturated carbocycles. The Hall–Kier alpha value is -1.97. The summed E-state index contributed by atoms with van der Waals surface area (Å²) in [5, 5.41) is 2.72. The third-order valence-corrected chi connectivity index (χ3v) is 3.82. The molecule has 0 fully saturated rings. The van der Waals surface area contributed by atoms with Gasteiger partial charge < -0.3 is 14.9 Å². The van der Waals surface area contributed by atoms with Crippen LogP contribution in [0.25, 0.3) is 10.8 Å². The SMILES string of the molecule is Cc1oc(CN)cc1COc1ccc(Cl)c2ccccc12. The van der Waals surface area contributed by atoms with Gasteiger partial charge in [-0.1, -0.05) is 35.9 Å². The molecule has 0 aliphatic heterocycles. The largest absolute Gasteiger partial charge is 0.488 e. The number of ether oxygens (including phenoxy) is 1. The number of hydrogen-bond donors (Lipinski definition) is 1. The van der Waals surface area contributed by atoms with Crippen molar-refractivity contribution in [2.24, 2.45) is 5.73 Å². The number of furan rings is 1. The highest BCUT2D eigenvalue weighted by Crippen LogP contribution is 2.32. The highest BCUT2D eigenvalue weighted by atomic mass is 35.5. The van der Waals surface area contributed by atoms with E-state index >= 15 is 0 Å². The quantitative estimate of drug-likeness (QED) is 0.775. The van der Waals surface area contributed by atoms with Crippen LogP contribution in [0.1, 0.15) is 17.1 Å². The highest BCUT2D eigenvalue weighted by molar-refractivity contribution is 6.35. The summed E-state index contributed by atoms with van der Waals surface area (Å²) in [4.78, 5) is 0. The first-order chi connectivity index (χ1) is 10.2. The second-order valence-electron chi connectivity index (χ2n) is 4.88. The number of hydrogen-bond acceptors (Lipinski definition) is 3. The molecule has 0 aliphatic rings. The normalized spacial score (nSPS) is 11.0. The molecule has 0 atom stereocenters. The number of fused-ring (bicyclic) bond motifs is 1. The first kappa shape index (κ1) is 14.0. The fraction of sp³-hybridized carbons (Fsp3) is 0.176. The predicted octanol–water partition coefficient (Wildman–Crippen LogP) is 4.43. The molecule has 2 aromatic carbocycles. The van der Waals surface area contributed by atoms with Gasteiger partial charge >= 0.3 is 0 Å². The first-order valence-electron chi connectivity index (χ1n) is 6.77. The molecule has 21 heavy (non-hydrogen) atoms. The van der Waals surface area contributed by atoms with Gasteiger partial charge in [-0.3, -0.25) is 0 Å². The second kappa shape index (κ2) is 5.80. The van der Waals surface area contributed by atoms with Crippen LogP contribution in [0.3, 0.4) is 0 Å². The van der Waals surface area contributed by atoms with E-state index in [9.17, 15) is 0 Å². The van der Waals surface area contributed by atoms with Crippen molar-refractivity contribution < 1.29 is 9.15 Å². The Kier molecular flexibility index (Phi) is 3.86. The Balaban J connectivity index is 1.88. The maximum absolute atomic E-state index is 6.21. The molecule has 1 aromatic heterocycles. The minimum atomic E-state index is 0.394. The van der Waals surface area contributed by atoms with Crippen LogP contribution in [0.2, 0.25) is 5.02 Å². The fourth-order valence-corrected chi connectivity index (χ4v) is 2.58. The summed E-state index contributed by atoms with van der Waals surface area (Å²) in [6.07, 6.45) is 0. The number of aryl methyl sites for hydroxylation is 1. The molecule has 0 aliphatic carbocycles. The summed E-state index contributed by atoms with van der Waals surface area (Å²) >= 11 is 6.21. The van der Waals surface area contributed by atoms with E-state index in [0.29, 0.717) is 13.2 Å². The van der Waals surface area contributed by atoms with Crippen LogP contribution in [-0.2, 0) is 13.2 Å². The molecule has 4 heteroatoms. The van der Waals surface area contributed by atoms with Gasteiger partial charge in [-0.25, -0.2) is 0 Å². The van der Waals surface area contributed by atoms with E-state index in [2.05, 4.69) is 0 Å². The lowest BCUT2D eigenvalue weighted by atomic mass is 10.1. The molecule has 0 bridgehead atoms. The predicted molar refractivity (Wildman–Crippen MR) is 84.6 cm³/mol. The van der Waals surface area contributed by atoms with Crippen molar-refractivity contribution in [2.75, 3.05) is 0 Å². The molecule has 0 amide bonds. The maximum Gasteiger partial charge on any atom is 0.127 e. The van der Waals surface area contributed by atoms with E-state index in [1.807, 2.05) is 49.4 Å². The van der Waals surface area contributed by atoms with E-state index in [0.717, 1.165) is 38.6 Å². The van der Waals surface area contributed by atoms with E-state index in [4.69, 9.17) is 26.5 Å². The van der Waals surface area contributed by atoms with Crippen LogP contribution in [0, 0.1) is 6.92 Å². The minimum absolute atomic E-state index is 0.394. The van der Waals surface area contributed by atoms with Gasteiger partial charge in [0.2, 0.25) is 0 Å². The zero-order valence-corrected chi connectivity index (χ0v) is 12.5. The van der Waals surface area contributed by atoms with Gasteiger partial charge in [0.05, 0.1) is 6.54 Å². The third-order valence-electron chi connectivity index (χ3n) is 3.49. The molecular formula is C17H16ClNO2. The van der Waals surface area contributed by atoms with E-state index in [1.54, 1.807) is 0 Å². The fourth-order valence-electron chi connectivity index (χ4n) is 2.35. The summed E-state index contributed by atoms with van der Waals surface area (Å²) in [5.41, 5.74) is 6.59. The third kappa shape index (κ3) is 2.75. The Labute approximate surface area is 128 Å². The maximum atomic E-state index is 6.21. The van der Waals surface area contributed by atoms with Gasteiger partial charge in [0.15, 0.2) is 0 Å². The van der Waals surface area contributed by atoms with Crippen molar-refractivity contribution in [1.29, 1.82) is 0 Å². The number of benzene rings is 2. The average molecular weight is 302 g/mol. The number of halogens is 1. The van der Waals surface area contributed by atoms with E-state index < -0.39 is 0 Å². The van der Waals surface area contributed by atoms with E-state index in [1.165, 1.54) is 0 Å². The van der Waals surface area contributed by atoms with Crippen molar-refractivity contribution in [1.82, 2.24) is 0 Å². The molecule has 3 nitrogen and oxygen atoms in total. The Morgan fingerprint density at radius 1 is 1.14 bits per heavy atom. The van der Waals surface area contributed by atoms with Crippen LogP contribution < -0.4 is 10.5 Å². The lowest BCUT2D eigenvalue weighted by Crippen LogP contribution is -1.97. The zero-order chi connectivity index (χ0) is 14.8. The monoisotopic (exact) mass is 301 g/mol. The van der Waals surface area contributed by atoms with Gasteiger partial charge in [-0.15, -0.1) is 0 Å². The van der Waals surface area contributed by atoms with Gasteiger partial charge in [0.1, 0.15) is 23.9 Å². The molecule has 2 N–H and O–H groups in total. The molecule has 3 rings (SSSR count). The molecule has 0 unspecified atom stereocenters. The summed E-state index contributed by atoms with van der Waals surface area (Å²) < 4.78 is 11.5. The van der Waals surface area contributed by atoms with Gasteiger partial charge in [0, 0.05) is 21.4 Å². The minimum Gasteiger partial charge on any atom is -0.488 e. The van der Waals surface area contributed by atoms with Gasteiger partial charge in [-0.2, -0.15) is 0 Å². The topological polar surface area (TPSA) is 48.4 Å². The summed E-state index contributed by atoms with van der Waals surface area (Å²) in [6, 6.07) is 13.6. The van der Waals surface area contributed by atoms with Crippen LogP contribution in [0.4, 0.5) is 0 Å². The van der Waals surface area contributed by atoms with Crippen molar-refractivity contribution in [3.8, 4) is 5.75 Å². The van der Waals surface area contributed by atoms with Crippen molar-refractivity contribution in [2.45, 2.75) is 20.1 Å². The smallest absolute Gasteiger partial charge is 0.127 e. The van der Waals surface area contributed by atoms with Crippen LogP contribution in [0.15, 0.2) is 46.9 Å². The summed E-state index contributed by atoms with van der Waals surface area (Å²) in [6.45, 7) is 2.75. The van der Waals surface area contributed by atoms with Gasteiger partial charge in [-0.05, 0) is 25.1 Å². The molecule has 3 aromatic rings. The second-order valence-corrected chi connectivity index (χ2v) is 5.29. The molecule has 0 saturated heterocycles. The standard InChI is InChI=1S/C17H16ClNO2/c1-11-12(8-13(9-19)21-11)10-20-17-7-6-16(18)14-4-2-3-5-15(14)17/h2-8H,9-10,19H2,1H3. The van der Waals surface area contributed by atoms with Crippen molar-refractivity contribution >= 4 is 22.4 Å². The first-order valence-corrected chi connectivity index (χ1v) is 7.15. The Morgan fingerprint density at radius 3 is 2.62 bits per heavy atom. The zero-order valence-electron chi connectivity index (χ0n) is 11.7. The molecule has 108 valence electrons. The van der Waals surface area contributed by atoms with Crippen LogP contribution >= 0.6 is 11.6 Å². The average Bonchev–Trinajstić information content (AvgIpc) is 2.87. The van der Waals surface area contributed by atoms with Crippen LogP contribution in [0.5, 0.6) is 5.75 Å². The molecule has 0 spiro atoms. The summed E-state index contributed by atoms with van der Waals surface area (Å²) in [7, 11) is 0. The number of nitrogens with two attached hydrogens (primary N) is 1. The Bertz CT molecular complexity index is 780. The molecule has 1 heterocycles. The van der Waals surface area contributed by atoms with Crippen molar-refractivity contribution in [3.63, 3.8) is 0 Å². The lowest BCUT2D eigenvalue weighted by Gasteiger charge is -2.10. The number of rotatable bonds is 4. The van der Waals surface area contributed by atoms with Crippen molar-refractivity contribution in [3.05, 3.63) is 64.6 Å². The molecule has 0 radical (unpaired) electrons. The summed E-state index contributed by atoms with van der Waals surface area (Å²) in [5.74, 6) is 2.42. The van der Waals surface area contributed by atoms with E-state index in [-0.39, 0.29) is 0 Å². The van der Waals surface area contributed by atoms with Gasteiger partial charge in [0.25, 0.3) is 0 Å². The molecular weight excluding hydrogens is 286 g/mol. The Morgan fingerprint density at radius 2 is 1.90 bits per heavy atom.